The van der Waals surface area contributed by atoms with Crippen molar-refractivity contribution in [1.29, 1.82) is 0 Å². The molecular formula is C44H83N2NaO9S. The molecule has 0 saturated heterocycles. The minimum atomic E-state index is -4.91. The maximum atomic E-state index is 12.4. The summed E-state index contributed by atoms with van der Waals surface area (Å²) in [6.45, 7) is 3.84. The van der Waals surface area contributed by atoms with Crippen LogP contribution in [-0.4, -0.2) is 68.3 Å². The molecule has 0 aromatic rings. The summed E-state index contributed by atoms with van der Waals surface area (Å²) in [5, 5.41) is 12.5. The summed E-state index contributed by atoms with van der Waals surface area (Å²) in [5.41, 5.74) is 0. The fourth-order valence-electron chi connectivity index (χ4n) is 6.76. The molecule has 13 heteroatoms. The van der Waals surface area contributed by atoms with E-state index in [0.29, 0.717) is 0 Å². The molecule has 0 radical (unpaired) electrons. The van der Waals surface area contributed by atoms with E-state index >= 15 is 0 Å². The van der Waals surface area contributed by atoms with Crippen molar-refractivity contribution < 1.29 is 71.5 Å². The second-order valence-electron chi connectivity index (χ2n) is 15.6. The van der Waals surface area contributed by atoms with E-state index in [4.69, 9.17) is 9.47 Å². The number of amides is 1. The van der Waals surface area contributed by atoms with Gasteiger partial charge in [0.15, 0.2) is 5.25 Å². The maximum absolute atomic E-state index is 12.4. The Balaban J connectivity index is 0. The zero-order valence-corrected chi connectivity index (χ0v) is 39.6. The summed E-state index contributed by atoms with van der Waals surface area (Å²) in [6.07, 6.45) is 36.7. The summed E-state index contributed by atoms with van der Waals surface area (Å²) in [4.78, 5) is 40.2. The molecular weight excluding hydrogens is 756 g/mol. The molecule has 1 amide bonds. The van der Waals surface area contributed by atoms with Gasteiger partial charge in [-0.25, -0.2) is 0 Å². The van der Waals surface area contributed by atoms with Gasteiger partial charge in [0.2, 0.25) is 5.91 Å². The number of esters is 2. The van der Waals surface area contributed by atoms with Crippen molar-refractivity contribution in [3.05, 3.63) is 0 Å². The van der Waals surface area contributed by atoms with Crippen LogP contribution in [0.5, 0.6) is 0 Å². The van der Waals surface area contributed by atoms with Gasteiger partial charge in [-0.1, -0.05) is 194 Å². The van der Waals surface area contributed by atoms with E-state index in [1.54, 1.807) is 0 Å². The van der Waals surface area contributed by atoms with E-state index in [1.807, 2.05) is 0 Å². The largest absolute Gasteiger partial charge is 1.00 e. The second kappa shape index (κ2) is 42.9. The molecule has 0 bridgehead atoms. The molecule has 0 saturated carbocycles. The van der Waals surface area contributed by atoms with Gasteiger partial charge in [-0.2, -0.15) is 8.42 Å². The quantitative estimate of drug-likeness (QED) is 0.0162. The SMILES string of the molecule is CCCCCCCCCCCCCCCCCC(=O)OCCN=C([O-])CC(C(=O)NCCOC(=O)CCCCCCCCCCCCCCCCC)S(=O)(=O)O.[Na+]. The number of unbranched alkanes of at least 4 members (excludes halogenated alkanes) is 28. The number of carbonyl (C=O) groups excluding carboxylic acids is 3. The standard InChI is InChI=1S/C44H84N2O9S.Na/c1-3-5-7-9-11-13-15-17-19-21-23-25-27-29-31-33-42(48)54-37-35-45-41(47)39-40(56(51,52)53)44(50)46-36-38-55-43(49)34-32-30-28-26-24-22-20-18-16-14-12-10-8-6-4-2;/h40H,3-39H2,1-2H3,(H,45,47)(H,46,50)(H,51,52,53);/q;+1/p-1. The first-order chi connectivity index (χ1) is 27.1. The molecule has 1 atom stereocenters. The van der Waals surface area contributed by atoms with Crippen LogP contribution in [0.4, 0.5) is 0 Å². The predicted molar refractivity (Wildman–Crippen MR) is 226 cm³/mol. The van der Waals surface area contributed by atoms with Crippen LogP contribution in [0.15, 0.2) is 4.99 Å². The minimum absolute atomic E-state index is 0. The predicted octanol–water partition coefficient (Wildman–Crippen LogP) is 7.12. The molecule has 0 heterocycles. The molecule has 0 aromatic heterocycles. The van der Waals surface area contributed by atoms with Crippen LogP contribution in [0.3, 0.4) is 0 Å². The Labute approximate surface area is 370 Å². The zero-order valence-electron chi connectivity index (χ0n) is 36.8. The average molecular weight is 839 g/mol. The van der Waals surface area contributed by atoms with Crippen molar-refractivity contribution in [2.75, 3.05) is 26.3 Å². The van der Waals surface area contributed by atoms with E-state index < -0.39 is 39.6 Å². The van der Waals surface area contributed by atoms with E-state index in [9.17, 15) is 32.5 Å². The van der Waals surface area contributed by atoms with E-state index in [0.717, 1.165) is 44.9 Å². The second-order valence-corrected chi connectivity index (χ2v) is 17.2. The molecule has 0 aliphatic rings. The first-order valence-corrected chi connectivity index (χ1v) is 24.4. The number of rotatable bonds is 42. The Hall–Kier alpha value is -1.21. The van der Waals surface area contributed by atoms with Crippen LogP contribution in [0, 0.1) is 0 Å². The van der Waals surface area contributed by atoms with Crippen molar-refractivity contribution in [2.24, 2.45) is 4.99 Å². The molecule has 2 N–H and O–H groups in total. The molecule has 0 aromatic carbocycles. The summed E-state index contributed by atoms with van der Waals surface area (Å²) in [5.74, 6) is -2.79. The third kappa shape index (κ3) is 41.3. The summed E-state index contributed by atoms with van der Waals surface area (Å²) < 4.78 is 43.4. The van der Waals surface area contributed by atoms with Crippen molar-refractivity contribution in [3.8, 4) is 0 Å². The van der Waals surface area contributed by atoms with Gasteiger partial charge in [-0.3, -0.25) is 18.9 Å². The fraction of sp³-hybridized carbons (Fsp3) is 0.909. The summed E-state index contributed by atoms with van der Waals surface area (Å²) in [6, 6.07) is 0. The third-order valence-corrected chi connectivity index (χ3v) is 11.4. The Bertz CT molecular complexity index is 1090. The van der Waals surface area contributed by atoms with Gasteiger partial charge < -0.3 is 24.9 Å². The van der Waals surface area contributed by atoms with Crippen LogP contribution in [0.25, 0.3) is 0 Å². The fourth-order valence-corrected chi connectivity index (χ4v) is 7.47. The van der Waals surface area contributed by atoms with Crippen LogP contribution >= 0.6 is 0 Å². The van der Waals surface area contributed by atoms with E-state index in [1.165, 1.54) is 148 Å². The van der Waals surface area contributed by atoms with Gasteiger partial charge in [-0.15, -0.1) is 0 Å². The normalized spacial score (nSPS) is 12.2. The molecule has 0 aliphatic heterocycles. The van der Waals surface area contributed by atoms with Gasteiger partial charge in [-0.05, 0) is 18.7 Å². The molecule has 0 rings (SSSR count). The van der Waals surface area contributed by atoms with Crippen molar-refractivity contribution in [1.82, 2.24) is 5.32 Å². The Morgan fingerprint density at radius 3 is 1.21 bits per heavy atom. The van der Waals surface area contributed by atoms with Crippen LogP contribution in [-0.2, 0) is 34.0 Å². The first-order valence-electron chi connectivity index (χ1n) is 22.9. The first kappa shape index (κ1) is 57.9. The smallest absolute Gasteiger partial charge is 0.862 e. The Kier molecular flexibility index (Phi) is 43.6. The Morgan fingerprint density at radius 1 is 0.561 bits per heavy atom. The van der Waals surface area contributed by atoms with Crippen LogP contribution < -0.4 is 40.0 Å². The molecule has 11 nitrogen and oxygen atoms in total. The zero-order chi connectivity index (χ0) is 41.4. The Morgan fingerprint density at radius 2 is 0.877 bits per heavy atom. The van der Waals surface area contributed by atoms with Crippen molar-refractivity contribution in [3.63, 3.8) is 0 Å². The van der Waals surface area contributed by atoms with Crippen molar-refractivity contribution in [2.45, 2.75) is 231 Å². The molecule has 0 spiro atoms. The summed E-state index contributed by atoms with van der Waals surface area (Å²) >= 11 is 0. The van der Waals surface area contributed by atoms with Gasteiger partial charge in [0.1, 0.15) is 13.2 Å². The van der Waals surface area contributed by atoms with Crippen molar-refractivity contribution >= 4 is 33.9 Å². The maximum Gasteiger partial charge on any atom is 1.00 e. The van der Waals surface area contributed by atoms with E-state index in [-0.39, 0.29) is 74.7 Å². The number of aliphatic imine (C=N–C) groups is 1. The summed E-state index contributed by atoms with van der Waals surface area (Å²) in [7, 11) is -4.91. The van der Waals surface area contributed by atoms with Gasteiger partial charge in [0.05, 0.1) is 13.1 Å². The number of nitrogens with one attached hydrogen (secondary N) is 1. The number of carbonyl (C=O) groups is 3. The molecule has 57 heavy (non-hydrogen) atoms. The average Bonchev–Trinajstić information content (AvgIpc) is 3.16. The number of hydrogen-bond acceptors (Lipinski definition) is 9. The third-order valence-electron chi connectivity index (χ3n) is 10.3. The van der Waals surface area contributed by atoms with Crippen LogP contribution in [0.1, 0.15) is 226 Å². The monoisotopic (exact) mass is 839 g/mol. The molecule has 330 valence electrons. The number of hydrogen-bond donors (Lipinski definition) is 2. The molecule has 0 aliphatic carbocycles. The topological polar surface area (TPSA) is 171 Å². The number of nitrogens with zero attached hydrogens (tertiary/aromatic N) is 1. The van der Waals surface area contributed by atoms with Gasteiger partial charge >= 0.3 is 41.5 Å². The minimum Gasteiger partial charge on any atom is -0.862 e. The molecule has 0 fully saturated rings. The van der Waals surface area contributed by atoms with Gasteiger partial charge in [0.25, 0.3) is 10.1 Å². The van der Waals surface area contributed by atoms with E-state index in [2.05, 4.69) is 24.2 Å². The van der Waals surface area contributed by atoms with Gasteiger partial charge in [0, 0.05) is 19.3 Å². The molecule has 1 unspecified atom stereocenters. The number of ether oxygens (including phenoxy) is 2. The van der Waals surface area contributed by atoms with Crippen LogP contribution in [0.2, 0.25) is 0 Å².